The van der Waals surface area contributed by atoms with Gasteiger partial charge in [0.1, 0.15) is 0 Å². The highest BCUT2D eigenvalue weighted by molar-refractivity contribution is 7.80. The van der Waals surface area contributed by atoms with E-state index in [0.29, 0.717) is 5.92 Å². The van der Waals surface area contributed by atoms with E-state index in [2.05, 4.69) is 73.4 Å². The van der Waals surface area contributed by atoms with Crippen LogP contribution in [-0.2, 0) is 0 Å². The number of fused-ring (bicyclic) bond motifs is 1. The maximum absolute atomic E-state index is 5.09. The molecule has 0 saturated heterocycles. The van der Waals surface area contributed by atoms with E-state index in [1.165, 1.54) is 16.8 Å². The minimum absolute atomic E-state index is 0.452. The van der Waals surface area contributed by atoms with Gasteiger partial charge in [-0.25, -0.2) is 9.50 Å². The highest BCUT2D eigenvalue weighted by Gasteiger charge is 2.21. The zero-order chi connectivity index (χ0) is 21.1. The smallest absolute Gasteiger partial charge is 0.162 e. The molecule has 0 unspecified atom stereocenters. The Morgan fingerprint density at radius 2 is 1.80 bits per heavy atom. The predicted octanol–water partition coefficient (Wildman–Crippen LogP) is 6.07. The second-order valence-corrected chi connectivity index (χ2v) is 8.56. The summed E-state index contributed by atoms with van der Waals surface area (Å²) in [5, 5.41) is 4.57. The van der Waals surface area contributed by atoms with E-state index in [1.54, 1.807) is 0 Å². The van der Waals surface area contributed by atoms with Gasteiger partial charge in [-0.3, -0.25) is 0 Å². The van der Waals surface area contributed by atoms with E-state index in [1.807, 2.05) is 16.9 Å². The van der Waals surface area contributed by atoms with Crippen molar-refractivity contribution < 1.29 is 0 Å². The molecule has 4 nitrogen and oxygen atoms in total. The van der Waals surface area contributed by atoms with Crippen LogP contribution < -0.4 is 0 Å². The predicted molar refractivity (Wildman–Crippen MR) is 128 cm³/mol. The molecule has 1 aliphatic rings. The summed E-state index contributed by atoms with van der Waals surface area (Å²) in [7, 11) is 2.14. The molecule has 0 spiro atoms. The van der Waals surface area contributed by atoms with Crippen molar-refractivity contribution in [3.63, 3.8) is 0 Å². The summed E-state index contributed by atoms with van der Waals surface area (Å²) in [6, 6.07) is 10.5. The third kappa shape index (κ3) is 4.04. The molecule has 1 aliphatic heterocycles. The molecular formula is C25H30N4S. The summed E-state index contributed by atoms with van der Waals surface area (Å²) < 4.78 is 1.87. The number of hydrogen-bond acceptors (Lipinski definition) is 4. The van der Waals surface area contributed by atoms with Crippen LogP contribution >= 0.6 is 12.6 Å². The summed E-state index contributed by atoms with van der Waals surface area (Å²) >= 11 is 4.75. The maximum atomic E-state index is 5.09. The first-order chi connectivity index (χ1) is 14.6. The zero-order valence-electron chi connectivity index (χ0n) is 18.0. The normalized spacial score (nSPS) is 14.4. The van der Waals surface area contributed by atoms with E-state index in [9.17, 15) is 0 Å². The number of thiol groups is 1. The van der Waals surface area contributed by atoms with Crippen LogP contribution in [0.4, 0.5) is 0 Å². The average Bonchev–Trinajstić information content (AvgIpc) is 3.16. The van der Waals surface area contributed by atoms with E-state index in [0.717, 1.165) is 54.0 Å². The monoisotopic (exact) mass is 418 g/mol. The molecule has 0 N–H and O–H groups in total. The fraction of sp³-hybridized carbons (Fsp3) is 0.360. The molecule has 1 aromatic carbocycles. The van der Waals surface area contributed by atoms with Crippen molar-refractivity contribution in [1.29, 1.82) is 0 Å². The van der Waals surface area contributed by atoms with Crippen LogP contribution in [0.1, 0.15) is 62.3 Å². The summed E-state index contributed by atoms with van der Waals surface area (Å²) in [6.07, 6.45) is 13.0. The Balaban J connectivity index is 1.74. The second-order valence-electron chi connectivity index (χ2n) is 8.08. The molecule has 0 aliphatic carbocycles. The fourth-order valence-corrected chi connectivity index (χ4v) is 4.70. The molecule has 0 bridgehead atoms. The van der Waals surface area contributed by atoms with Crippen LogP contribution in [0, 0.1) is 0 Å². The van der Waals surface area contributed by atoms with E-state index in [-0.39, 0.29) is 0 Å². The van der Waals surface area contributed by atoms with Crippen molar-refractivity contribution in [3.8, 4) is 0 Å². The van der Waals surface area contributed by atoms with Crippen LogP contribution in [0.25, 0.3) is 16.9 Å². The van der Waals surface area contributed by atoms with Gasteiger partial charge in [-0.15, -0.1) is 12.6 Å². The molecule has 3 aromatic rings. The minimum Gasteiger partial charge on any atom is -0.370 e. The number of likely N-dealkylation sites (N-methyl/N-ethyl adjacent to an activating group) is 1. The highest BCUT2D eigenvalue weighted by Crippen LogP contribution is 2.33. The van der Waals surface area contributed by atoms with Crippen LogP contribution in [0.3, 0.4) is 0 Å². The molecule has 156 valence electrons. The average molecular weight is 419 g/mol. The quantitative estimate of drug-likeness (QED) is 0.473. The number of hydrogen-bond donors (Lipinski definition) is 1. The summed E-state index contributed by atoms with van der Waals surface area (Å²) in [4.78, 5) is 8.32. The lowest BCUT2D eigenvalue weighted by molar-refractivity contribution is 0.537. The molecule has 0 amide bonds. The van der Waals surface area contributed by atoms with Gasteiger partial charge in [-0.1, -0.05) is 63.1 Å². The third-order valence-electron chi connectivity index (χ3n) is 5.84. The standard InChI is InChI=1S/C25H30N4S/c1-4-9-19(10-5-2)24-23(30)17-29-25(27-24)21(15-26-29)20-13-14-22(28(3)16-20)18-11-7-6-8-12-18/h6-8,11-15,17,19,30H,4-5,9-10,16H2,1-3H3. The van der Waals surface area contributed by atoms with Crippen LogP contribution in [0.2, 0.25) is 0 Å². The van der Waals surface area contributed by atoms with Crippen molar-refractivity contribution in [2.75, 3.05) is 13.6 Å². The largest absolute Gasteiger partial charge is 0.370 e. The lowest BCUT2D eigenvalue weighted by atomic mass is 9.94. The molecule has 30 heavy (non-hydrogen) atoms. The Morgan fingerprint density at radius 1 is 1.07 bits per heavy atom. The van der Waals surface area contributed by atoms with Crippen LogP contribution in [0.5, 0.6) is 0 Å². The van der Waals surface area contributed by atoms with Gasteiger partial charge in [0.05, 0.1) is 11.9 Å². The fourth-order valence-electron chi connectivity index (χ4n) is 4.36. The van der Waals surface area contributed by atoms with Crippen molar-refractivity contribution in [2.24, 2.45) is 0 Å². The van der Waals surface area contributed by atoms with Crippen LogP contribution in [0.15, 0.2) is 59.8 Å². The molecule has 0 atom stereocenters. The first kappa shape index (κ1) is 20.7. The van der Waals surface area contributed by atoms with Crippen molar-refractivity contribution in [2.45, 2.75) is 50.3 Å². The number of nitrogens with zero attached hydrogens (tertiary/aromatic N) is 4. The molecular weight excluding hydrogens is 388 g/mol. The lowest BCUT2D eigenvalue weighted by Crippen LogP contribution is -2.21. The maximum Gasteiger partial charge on any atom is 0.162 e. The molecule has 3 heterocycles. The van der Waals surface area contributed by atoms with Gasteiger partial charge >= 0.3 is 0 Å². The Hall–Kier alpha value is -2.53. The van der Waals surface area contributed by atoms with Crippen molar-refractivity contribution in [3.05, 3.63) is 71.7 Å². The number of benzene rings is 1. The van der Waals surface area contributed by atoms with E-state index in [4.69, 9.17) is 17.6 Å². The first-order valence-corrected chi connectivity index (χ1v) is 11.3. The first-order valence-electron chi connectivity index (χ1n) is 10.9. The van der Waals surface area contributed by atoms with Gasteiger partial charge in [0, 0.05) is 41.9 Å². The molecule has 0 fully saturated rings. The highest BCUT2D eigenvalue weighted by atomic mass is 32.1. The van der Waals surface area contributed by atoms with Gasteiger partial charge in [0.15, 0.2) is 5.65 Å². The molecule has 4 rings (SSSR count). The number of rotatable bonds is 7. The van der Waals surface area contributed by atoms with E-state index >= 15 is 0 Å². The van der Waals surface area contributed by atoms with Crippen molar-refractivity contribution >= 4 is 29.5 Å². The Bertz CT molecular complexity index is 1080. The summed E-state index contributed by atoms with van der Waals surface area (Å²) in [5.41, 5.74) is 6.84. The van der Waals surface area contributed by atoms with Crippen LogP contribution in [-0.4, -0.2) is 33.1 Å². The van der Waals surface area contributed by atoms with Gasteiger partial charge in [-0.05, 0) is 30.1 Å². The molecule has 2 aromatic heterocycles. The third-order valence-corrected chi connectivity index (χ3v) is 6.18. The lowest BCUT2D eigenvalue weighted by Gasteiger charge is -2.27. The van der Waals surface area contributed by atoms with Crippen molar-refractivity contribution in [1.82, 2.24) is 19.5 Å². The Kier molecular flexibility index (Phi) is 6.28. The minimum atomic E-state index is 0.452. The van der Waals surface area contributed by atoms with Gasteiger partial charge in [0.25, 0.3) is 0 Å². The van der Waals surface area contributed by atoms with Gasteiger partial charge in [-0.2, -0.15) is 5.10 Å². The summed E-state index contributed by atoms with van der Waals surface area (Å²) in [6.45, 7) is 5.31. The van der Waals surface area contributed by atoms with E-state index < -0.39 is 0 Å². The molecule has 5 heteroatoms. The van der Waals surface area contributed by atoms with Gasteiger partial charge in [0.2, 0.25) is 0 Å². The Labute approximate surface area is 184 Å². The zero-order valence-corrected chi connectivity index (χ0v) is 18.9. The SMILES string of the molecule is CCCC(CCC)c1nc2c(C3=CC=C(c4ccccc4)N(C)C3)cnn2cc1S. The number of allylic oxidation sites excluding steroid dienone is 2. The van der Waals surface area contributed by atoms with Gasteiger partial charge < -0.3 is 4.90 Å². The second kappa shape index (κ2) is 9.09. The Morgan fingerprint density at radius 3 is 2.47 bits per heavy atom. The molecule has 0 radical (unpaired) electrons. The topological polar surface area (TPSA) is 33.4 Å². The summed E-state index contributed by atoms with van der Waals surface area (Å²) in [5.74, 6) is 0.452. The number of aromatic nitrogens is 3. The molecule has 0 saturated carbocycles.